The van der Waals surface area contributed by atoms with Crippen LogP contribution >= 0.6 is 0 Å². The molecule has 0 aromatic heterocycles. The molecule has 2 aromatic carbocycles. The number of ketones is 1. The van der Waals surface area contributed by atoms with Crippen molar-refractivity contribution in [2.75, 3.05) is 0 Å². The molecule has 0 atom stereocenters. The number of aliphatic carboxylic acids is 1. The van der Waals surface area contributed by atoms with Gasteiger partial charge in [0.05, 0.1) is 0 Å². The average molecular weight is 291 g/mol. The first-order chi connectivity index (χ1) is 9.90. The number of hydrogen-bond acceptors (Lipinski definition) is 4. The molecule has 2 rings (SSSR count). The molecule has 4 nitrogen and oxygen atoms in total. The van der Waals surface area contributed by atoms with Gasteiger partial charge in [0.2, 0.25) is 0 Å². The second-order valence-corrected chi connectivity index (χ2v) is 4.13. The van der Waals surface area contributed by atoms with Gasteiger partial charge in [0.25, 0.3) is 0 Å². The van der Waals surface area contributed by atoms with Crippen molar-refractivity contribution in [3.63, 3.8) is 0 Å². The summed E-state index contributed by atoms with van der Waals surface area (Å²) in [5.74, 6) is -3.30. The second-order valence-electron chi connectivity index (χ2n) is 4.13. The van der Waals surface area contributed by atoms with Crippen LogP contribution in [0.4, 0.5) is 8.78 Å². The number of rotatable bonds is 5. The zero-order valence-electron chi connectivity index (χ0n) is 10.6. The van der Waals surface area contributed by atoms with Gasteiger partial charge in [0, 0.05) is 11.1 Å². The molecule has 0 heterocycles. The van der Waals surface area contributed by atoms with Crippen molar-refractivity contribution in [1.82, 2.24) is 0 Å². The molecule has 0 saturated heterocycles. The number of ether oxygens (including phenoxy) is 1. The fraction of sp³-hybridized carbons (Fsp3) is 0.0667. The molecule has 0 aliphatic carbocycles. The minimum absolute atomic E-state index is 0.269. The lowest BCUT2D eigenvalue weighted by Crippen LogP contribution is -2.45. The third-order valence-corrected chi connectivity index (χ3v) is 2.64. The zero-order chi connectivity index (χ0) is 15.5. The van der Waals surface area contributed by atoms with Crippen LogP contribution in [0, 0.1) is 0 Å². The van der Waals surface area contributed by atoms with Crippen molar-refractivity contribution in [2.24, 2.45) is 0 Å². The molecule has 0 amide bonds. The SMILES string of the molecule is O=C(c1ccccc1)c1ccc(OC(F)(F)C(=O)[O-])cc1. The van der Waals surface area contributed by atoms with Crippen LogP contribution < -0.4 is 9.84 Å². The second kappa shape index (κ2) is 5.70. The van der Waals surface area contributed by atoms with E-state index < -0.39 is 12.1 Å². The maximum Gasteiger partial charge on any atom is 0.441 e. The van der Waals surface area contributed by atoms with Gasteiger partial charge in [-0.05, 0) is 24.3 Å². The Bertz CT molecular complexity index is 651. The maximum absolute atomic E-state index is 12.8. The number of halogens is 2. The van der Waals surface area contributed by atoms with Crippen molar-refractivity contribution < 1.29 is 28.2 Å². The predicted octanol–water partition coefficient (Wildman–Crippen LogP) is 1.64. The predicted molar refractivity (Wildman–Crippen MR) is 66.9 cm³/mol. The zero-order valence-corrected chi connectivity index (χ0v) is 10.6. The number of carboxylic acids is 1. The van der Waals surface area contributed by atoms with Crippen LogP contribution in [-0.2, 0) is 4.79 Å². The van der Waals surface area contributed by atoms with E-state index in [0.29, 0.717) is 5.56 Å². The number of hydrogen-bond donors (Lipinski definition) is 0. The summed E-state index contributed by atoms with van der Waals surface area (Å²) in [6.07, 6.45) is -4.43. The Hall–Kier alpha value is -2.76. The Morgan fingerprint density at radius 2 is 1.43 bits per heavy atom. The molecule has 0 aliphatic rings. The molecule has 21 heavy (non-hydrogen) atoms. The van der Waals surface area contributed by atoms with Crippen molar-refractivity contribution in [3.05, 3.63) is 65.7 Å². The number of carbonyl (C=O) groups excluding carboxylic acids is 2. The lowest BCUT2D eigenvalue weighted by Gasteiger charge is -2.18. The van der Waals surface area contributed by atoms with Crippen LogP contribution in [0.2, 0.25) is 0 Å². The average Bonchev–Trinajstić information content (AvgIpc) is 2.48. The molecule has 0 unspecified atom stereocenters. The van der Waals surface area contributed by atoms with Gasteiger partial charge in [0.1, 0.15) is 5.75 Å². The summed E-state index contributed by atoms with van der Waals surface area (Å²) in [7, 11) is 0. The highest BCUT2D eigenvalue weighted by Crippen LogP contribution is 2.22. The highest BCUT2D eigenvalue weighted by Gasteiger charge is 2.33. The minimum Gasteiger partial charge on any atom is -0.541 e. The van der Waals surface area contributed by atoms with Crippen LogP contribution in [0.15, 0.2) is 54.6 Å². The van der Waals surface area contributed by atoms with E-state index in [4.69, 9.17) is 0 Å². The van der Waals surface area contributed by atoms with E-state index in [0.717, 1.165) is 12.1 Å². The molecule has 6 heteroatoms. The Morgan fingerprint density at radius 3 is 1.95 bits per heavy atom. The van der Waals surface area contributed by atoms with Crippen molar-refractivity contribution in [3.8, 4) is 5.75 Å². The van der Waals surface area contributed by atoms with Gasteiger partial charge in [-0.2, -0.15) is 8.78 Å². The van der Waals surface area contributed by atoms with Crippen LogP contribution in [0.3, 0.4) is 0 Å². The van der Waals surface area contributed by atoms with Crippen LogP contribution in [0.25, 0.3) is 0 Å². The van der Waals surface area contributed by atoms with Gasteiger partial charge in [-0.3, -0.25) is 4.79 Å². The normalized spacial score (nSPS) is 11.0. The smallest absolute Gasteiger partial charge is 0.441 e. The molecule has 0 radical (unpaired) electrons. The van der Waals surface area contributed by atoms with E-state index in [9.17, 15) is 23.5 Å². The fourth-order valence-corrected chi connectivity index (χ4v) is 1.62. The number of alkyl halides is 2. The van der Waals surface area contributed by atoms with E-state index in [1.807, 2.05) is 0 Å². The molecule has 0 aliphatic heterocycles. The van der Waals surface area contributed by atoms with Crippen molar-refractivity contribution in [1.29, 1.82) is 0 Å². The van der Waals surface area contributed by atoms with Crippen LogP contribution in [0.5, 0.6) is 5.75 Å². The third kappa shape index (κ3) is 3.42. The van der Waals surface area contributed by atoms with E-state index in [1.54, 1.807) is 30.3 Å². The van der Waals surface area contributed by atoms with E-state index in [-0.39, 0.29) is 17.1 Å². The molecule has 108 valence electrons. The number of carbonyl (C=O) groups is 2. The van der Waals surface area contributed by atoms with E-state index >= 15 is 0 Å². The molecule has 0 N–H and O–H groups in total. The summed E-state index contributed by atoms with van der Waals surface area (Å²) in [4.78, 5) is 22.2. The van der Waals surface area contributed by atoms with Crippen molar-refractivity contribution >= 4 is 11.8 Å². The van der Waals surface area contributed by atoms with Gasteiger partial charge < -0.3 is 14.6 Å². The number of benzene rings is 2. The topological polar surface area (TPSA) is 66.4 Å². The Morgan fingerprint density at radius 1 is 0.905 bits per heavy atom. The first-order valence-electron chi connectivity index (χ1n) is 5.88. The molecule has 2 aromatic rings. The van der Waals surface area contributed by atoms with E-state index in [2.05, 4.69) is 4.74 Å². The Balaban J connectivity index is 2.16. The van der Waals surface area contributed by atoms with Crippen LogP contribution in [0.1, 0.15) is 15.9 Å². The molecular weight excluding hydrogens is 282 g/mol. The van der Waals surface area contributed by atoms with Crippen LogP contribution in [-0.4, -0.2) is 17.9 Å². The van der Waals surface area contributed by atoms with E-state index in [1.165, 1.54) is 12.1 Å². The lowest BCUT2D eigenvalue weighted by atomic mass is 10.0. The fourth-order valence-electron chi connectivity index (χ4n) is 1.62. The maximum atomic E-state index is 12.8. The van der Waals surface area contributed by atoms with Gasteiger partial charge >= 0.3 is 6.11 Å². The molecular formula is C15H9F2O4-. The summed E-state index contributed by atoms with van der Waals surface area (Å²) >= 11 is 0. The largest absolute Gasteiger partial charge is 0.541 e. The van der Waals surface area contributed by atoms with Crippen molar-refractivity contribution in [2.45, 2.75) is 6.11 Å². The quantitative estimate of drug-likeness (QED) is 0.785. The highest BCUT2D eigenvalue weighted by molar-refractivity contribution is 6.08. The van der Waals surface area contributed by atoms with Gasteiger partial charge in [-0.1, -0.05) is 30.3 Å². The summed E-state index contributed by atoms with van der Waals surface area (Å²) in [5.41, 5.74) is 0.719. The monoisotopic (exact) mass is 291 g/mol. The molecule has 0 fully saturated rings. The highest BCUT2D eigenvalue weighted by atomic mass is 19.3. The number of carboxylic acid groups (broad SMARTS) is 1. The molecule has 0 bridgehead atoms. The Kier molecular flexibility index (Phi) is 3.98. The Labute approximate surface area is 118 Å². The first-order valence-corrected chi connectivity index (χ1v) is 5.88. The molecule has 0 saturated carbocycles. The summed E-state index contributed by atoms with van der Waals surface area (Å²) < 4.78 is 29.6. The lowest BCUT2D eigenvalue weighted by molar-refractivity contribution is -0.350. The summed E-state index contributed by atoms with van der Waals surface area (Å²) in [5, 5.41) is 10.1. The first kappa shape index (κ1) is 14.6. The van der Waals surface area contributed by atoms with Gasteiger partial charge in [0.15, 0.2) is 11.8 Å². The van der Waals surface area contributed by atoms with Gasteiger partial charge in [-0.15, -0.1) is 0 Å². The van der Waals surface area contributed by atoms with Gasteiger partial charge in [-0.25, -0.2) is 0 Å². The minimum atomic E-state index is -4.43. The summed E-state index contributed by atoms with van der Waals surface area (Å²) in [6, 6.07) is 13.1. The third-order valence-electron chi connectivity index (χ3n) is 2.64. The molecule has 0 spiro atoms. The standard InChI is InChI=1S/C15H10F2O4/c16-15(17,14(19)20)21-12-8-6-11(7-9-12)13(18)10-4-2-1-3-5-10/h1-9H,(H,19,20)/p-1. The summed E-state index contributed by atoms with van der Waals surface area (Å²) in [6.45, 7) is 0.